The fourth-order valence-corrected chi connectivity index (χ4v) is 5.40. The maximum Gasteiger partial charge on any atom is 0.269 e. The number of amides is 1. The molecule has 2 atom stereocenters. The lowest BCUT2D eigenvalue weighted by Gasteiger charge is -2.34. The first-order valence-electron chi connectivity index (χ1n) is 12.2. The number of rotatable bonds is 5. The van der Waals surface area contributed by atoms with Crippen molar-refractivity contribution in [2.45, 2.75) is 31.7 Å². The minimum Gasteiger partial charge on any atom is -0.493 e. The monoisotopic (exact) mass is 513 g/mol. The van der Waals surface area contributed by atoms with Gasteiger partial charge in [-0.1, -0.05) is 30.3 Å². The number of methoxy groups -OCH3 is 2. The van der Waals surface area contributed by atoms with E-state index in [1.54, 1.807) is 30.2 Å². The number of non-ortho nitro benzene ring substituents is 1. The SMILES string of the molecule is COc1ccc([C@@H]2C3=C(C[C@H](c4cccc([N+](=O)[O-])c4)CC3=O)Nc3ccccc3N2C(C)=O)cc1OC. The van der Waals surface area contributed by atoms with Crippen molar-refractivity contribution >= 4 is 28.8 Å². The predicted molar refractivity (Wildman–Crippen MR) is 143 cm³/mol. The highest BCUT2D eigenvalue weighted by atomic mass is 16.6. The van der Waals surface area contributed by atoms with Gasteiger partial charge in [-0.15, -0.1) is 0 Å². The Bertz CT molecular complexity index is 1480. The summed E-state index contributed by atoms with van der Waals surface area (Å²) in [4.78, 5) is 39.7. The minimum absolute atomic E-state index is 0.0140. The van der Waals surface area contributed by atoms with Crippen molar-refractivity contribution < 1.29 is 24.0 Å². The van der Waals surface area contributed by atoms with Crippen LogP contribution < -0.4 is 19.7 Å². The Labute approximate surface area is 219 Å². The number of nitrogens with one attached hydrogen (secondary N) is 1. The number of hydrogen-bond acceptors (Lipinski definition) is 7. The van der Waals surface area contributed by atoms with E-state index in [1.807, 2.05) is 36.4 Å². The quantitative estimate of drug-likeness (QED) is 0.353. The van der Waals surface area contributed by atoms with Crippen LogP contribution in [-0.2, 0) is 9.59 Å². The van der Waals surface area contributed by atoms with E-state index in [4.69, 9.17) is 9.47 Å². The van der Waals surface area contributed by atoms with Gasteiger partial charge in [-0.3, -0.25) is 24.6 Å². The molecule has 0 fully saturated rings. The lowest BCUT2D eigenvalue weighted by Crippen LogP contribution is -2.37. The third-order valence-corrected chi connectivity index (χ3v) is 7.10. The van der Waals surface area contributed by atoms with E-state index in [0.717, 1.165) is 5.56 Å². The van der Waals surface area contributed by atoms with Crippen LogP contribution in [0.15, 0.2) is 78.0 Å². The highest BCUT2D eigenvalue weighted by molar-refractivity contribution is 6.06. The molecule has 1 N–H and O–H groups in total. The summed E-state index contributed by atoms with van der Waals surface area (Å²) in [5.41, 5.74) is 3.94. The topological polar surface area (TPSA) is 111 Å². The van der Waals surface area contributed by atoms with Crippen LogP contribution in [0, 0.1) is 10.1 Å². The number of fused-ring (bicyclic) bond motifs is 1. The number of allylic oxidation sites excluding steroid dienone is 1. The zero-order valence-electron chi connectivity index (χ0n) is 21.3. The van der Waals surface area contributed by atoms with E-state index >= 15 is 0 Å². The minimum atomic E-state index is -0.711. The highest BCUT2D eigenvalue weighted by Crippen LogP contribution is 2.48. The molecule has 1 amide bonds. The summed E-state index contributed by atoms with van der Waals surface area (Å²) < 4.78 is 10.9. The molecular weight excluding hydrogens is 486 g/mol. The molecule has 1 heterocycles. The Hall–Kier alpha value is -4.66. The normalized spacial score (nSPS) is 18.6. The molecule has 3 aromatic carbocycles. The predicted octanol–water partition coefficient (Wildman–Crippen LogP) is 5.53. The van der Waals surface area contributed by atoms with Gasteiger partial charge in [0.2, 0.25) is 5.91 Å². The summed E-state index contributed by atoms with van der Waals surface area (Å²) in [5.74, 6) is 0.415. The summed E-state index contributed by atoms with van der Waals surface area (Å²) in [6.45, 7) is 1.48. The lowest BCUT2D eigenvalue weighted by atomic mass is 9.78. The van der Waals surface area contributed by atoms with E-state index < -0.39 is 11.0 Å². The highest BCUT2D eigenvalue weighted by Gasteiger charge is 2.41. The molecule has 0 saturated carbocycles. The molecule has 0 spiro atoms. The van der Waals surface area contributed by atoms with Gasteiger partial charge in [0.05, 0.1) is 36.6 Å². The summed E-state index contributed by atoms with van der Waals surface area (Å²) in [6.07, 6.45) is 0.611. The van der Waals surface area contributed by atoms with Gasteiger partial charge in [-0.2, -0.15) is 0 Å². The number of para-hydroxylation sites is 2. The standard InChI is InChI=1S/C29H27N3O6/c1-17(33)31-24-10-5-4-9-22(24)30-23-14-20(18-7-6-8-21(13-18)32(35)36)15-25(34)28(23)29(31)19-11-12-26(37-2)27(16-19)38-3/h4-13,16,20,29-30H,14-15H2,1-3H3/t20-,29+/m0/s1. The number of hydrogen-bond donors (Lipinski definition) is 1. The smallest absolute Gasteiger partial charge is 0.269 e. The van der Waals surface area contributed by atoms with Crippen LogP contribution in [0.1, 0.15) is 42.9 Å². The van der Waals surface area contributed by atoms with Crippen molar-refractivity contribution in [3.05, 3.63) is 99.2 Å². The third kappa shape index (κ3) is 4.36. The van der Waals surface area contributed by atoms with Gasteiger partial charge in [0.25, 0.3) is 5.69 Å². The average Bonchev–Trinajstić information content (AvgIpc) is 3.07. The Morgan fingerprint density at radius 1 is 0.974 bits per heavy atom. The molecular formula is C29H27N3O6. The molecule has 2 aliphatic rings. The maximum absolute atomic E-state index is 13.9. The van der Waals surface area contributed by atoms with E-state index in [-0.39, 0.29) is 29.7 Å². The number of carbonyl (C=O) groups is 2. The molecule has 38 heavy (non-hydrogen) atoms. The molecule has 9 heteroatoms. The number of nitro groups is 1. The van der Waals surface area contributed by atoms with Crippen LogP contribution in [-0.4, -0.2) is 30.8 Å². The first kappa shape index (κ1) is 25.0. The fraction of sp³-hybridized carbons (Fsp3) is 0.241. The van der Waals surface area contributed by atoms with Crippen molar-refractivity contribution in [2.24, 2.45) is 0 Å². The summed E-state index contributed by atoms with van der Waals surface area (Å²) in [7, 11) is 3.08. The molecule has 0 unspecified atom stereocenters. The number of ketones is 1. The first-order valence-corrected chi connectivity index (χ1v) is 12.2. The number of anilines is 2. The van der Waals surface area contributed by atoms with Crippen molar-refractivity contribution in [3.8, 4) is 11.5 Å². The van der Waals surface area contributed by atoms with E-state index in [0.29, 0.717) is 46.1 Å². The van der Waals surface area contributed by atoms with Crippen LogP contribution >= 0.6 is 0 Å². The zero-order valence-corrected chi connectivity index (χ0v) is 21.3. The van der Waals surface area contributed by atoms with Crippen molar-refractivity contribution in [2.75, 3.05) is 24.4 Å². The Kier molecular flexibility index (Phi) is 6.59. The number of carbonyl (C=O) groups excluding carboxylic acids is 2. The molecule has 5 rings (SSSR count). The second-order valence-electron chi connectivity index (χ2n) is 9.32. The van der Waals surface area contributed by atoms with Gasteiger partial charge in [0.1, 0.15) is 0 Å². The average molecular weight is 514 g/mol. The van der Waals surface area contributed by atoms with Gasteiger partial charge in [-0.25, -0.2) is 0 Å². The number of Topliss-reactive ketones (excluding diaryl/α,β-unsaturated/α-hetero) is 1. The van der Waals surface area contributed by atoms with Crippen molar-refractivity contribution in [1.82, 2.24) is 0 Å². The largest absolute Gasteiger partial charge is 0.493 e. The Morgan fingerprint density at radius 2 is 1.74 bits per heavy atom. The molecule has 9 nitrogen and oxygen atoms in total. The summed E-state index contributed by atoms with van der Waals surface area (Å²) in [6, 6.07) is 18.5. The maximum atomic E-state index is 13.9. The Morgan fingerprint density at radius 3 is 2.45 bits per heavy atom. The van der Waals surface area contributed by atoms with E-state index in [2.05, 4.69) is 5.32 Å². The van der Waals surface area contributed by atoms with Gasteiger partial charge in [0.15, 0.2) is 17.3 Å². The molecule has 0 aromatic heterocycles. The van der Waals surface area contributed by atoms with Gasteiger partial charge >= 0.3 is 0 Å². The lowest BCUT2D eigenvalue weighted by molar-refractivity contribution is -0.384. The number of benzene rings is 3. The second-order valence-corrected chi connectivity index (χ2v) is 9.32. The number of nitro benzene ring substituents is 1. The first-order chi connectivity index (χ1) is 18.3. The van der Waals surface area contributed by atoms with Crippen LogP contribution in [0.5, 0.6) is 11.5 Å². The van der Waals surface area contributed by atoms with Gasteiger partial charge in [-0.05, 0) is 47.7 Å². The van der Waals surface area contributed by atoms with Crippen LogP contribution in [0.25, 0.3) is 0 Å². The number of nitrogens with zero attached hydrogens (tertiary/aromatic N) is 2. The molecule has 0 radical (unpaired) electrons. The van der Waals surface area contributed by atoms with Crippen LogP contribution in [0.2, 0.25) is 0 Å². The zero-order chi connectivity index (χ0) is 27.0. The van der Waals surface area contributed by atoms with Crippen LogP contribution in [0.3, 0.4) is 0 Å². The molecule has 194 valence electrons. The molecule has 0 bridgehead atoms. The molecule has 1 aliphatic heterocycles. The Balaban J connectivity index is 1.69. The second kappa shape index (κ2) is 10.0. The molecule has 1 aliphatic carbocycles. The van der Waals surface area contributed by atoms with E-state index in [1.165, 1.54) is 26.2 Å². The molecule has 0 saturated heterocycles. The summed E-state index contributed by atoms with van der Waals surface area (Å²) in [5, 5.41) is 14.8. The van der Waals surface area contributed by atoms with E-state index in [9.17, 15) is 19.7 Å². The summed E-state index contributed by atoms with van der Waals surface area (Å²) >= 11 is 0. The van der Waals surface area contributed by atoms with Gasteiger partial charge in [0, 0.05) is 36.7 Å². The van der Waals surface area contributed by atoms with Crippen molar-refractivity contribution in [1.29, 1.82) is 0 Å². The van der Waals surface area contributed by atoms with Crippen LogP contribution in [0.4, 0.5) is 17.1 Å². The molecule has 3 aromatic rings. The van der Waals surface area contributed by atoms with Gasteiger partial charge < -0.3 is 14.8 Å². The number of ether oxygens (including phenoxy) is 2. The fourth-order valence-electron chi connectivity index (χ4n) is 5.40. The third-order valence-electron chi connectivity index (χ3n) is 7.10. The van der Waals surface area contributed by atoms with Crippen molar-refractivity contribution in [3.63, 3.8) is 0 Å².